The summed E-state index contributed by atoms with van der Waals surface area (Å²) in [6, 6.07) is 4.73. The predicted molar refractivity (Wildman–Crippen MR) is 117 cm³/mol. The van der Waals surface area contributed by atoms with Crippen molar-refractivity contribution in [1.82, 2.24) is 4.90 Å². The molecule has 4 N–H and O–H groups in total. The van der Waals surface area contributed by atoms with Crippen LogP contribution < -0.4 is 4.74 Å². The molecule has 3 aliphatic heterocycles. The maximum absolute atomic E-state index is 12.4. The third-order valence-electron chi connectivity index (χ3n) is 6.16. The van der Waals surface area contributed by atoms with Crippen molar-refractivity contribution < 1.29 is 53.9 Å². The van der Waals surface area contributed by atoms with Crippen molar-refractivity contribution in [3.63, 3.8) is 0 Å². The normalized spacial score (nSPS) is 34.2. The Morgan fingerprint density at radius 2 is 1.86 bits per heavy atom. The van der Waals surface area contributed by atoms with Crippen LogP contribution in [0, 0.1) is 0 Å². The Morgan fingerprint density at radius 3 is 2.40 bits per heavy atom. The first kappa shape index (κ1) is 26.3. The molecule has 6 atom stereocenters. The Hall–Kier alpha value is -1.74. The van der Waals surface area contributed by atoms with Gasteiger partial charge in [-0.25, -0.2) is 9.68 Å². The smallest absolute Gasteiger partial charge is 0.410 e. The Morgan fingerprint density at radius 1 is 1.17 bits per heavy atom. The number of carbonyl (C=O) groups excluding carboxylic acids is 1. The summed E-state index contributed by atoms with van der Waals surface area (Å²) in [5.74, 6) is -1.42. The number of benzene rings is 1. The fourth-order valence-corrected chi connectivity index (χ4v) is 4.58. The number of aliphatic hydroxyl groups is 4. The molecule has 0 radical (unpaired) electrons. The monoisotopic (exact) mass is 519 g/mol. The first-order chi connectivity index (χ1) is 16.4. The first-order valence-corrected chi connectivity index (χ1v) is 11.4. The largest absolute Gasteiger partial charge is 0.460 e. The minimum absolute atomic E-state index is 0.0460. The van der Waals surface area contributed by atoms with E-state index in [1.807, 2.05) is 0 Å². The number of hydrogen-bond donors (Lipinski definition) is 4. The number of methoxy groups -OCH3 is 1. The Bertz CT molecular complexity index is 944. The number of hydrogen-bond acceptors (Lipinski definition) is 11. The summed E-state index contributed by atoms with van der Waals surface area (Å²) in [5.41, 5.74) is -1.38. The summed E-state index contributed by atoms with van der Waals surface area (Å²) < 4.78 is 22.2. The van der Waals surface area contributed by atoms with E-state index in [1.54, 1.807) is 32.9 Å². The first-order valence-electron chi connectivity index (χ1n) is 11.0. The highest BCUT2D eigenvalue weighted by atomic mass is 35.5. The Labute approximate surface area is 206 Å². The van der Waals surface area contributed by atoms with E-state index < -0.39 is 60.4 Å². The van der Waals surface area contributed by atoms with Crippen LogP contribution in [0.15, 0.2) is 18.2 Å². The number of ether oxygens (including phenoxy) is 4. The molecule has 0 aliphatic carbocycles. The lowest BCUT2D eigenvalue weighted by Gasteiger charge is -2.62. The molecule has 4 rings (SSSR count). The molecule has 3 saturated heterocycles. The second-order valence-corrected chi connectivity index (χ2v) is 10.1. The molecule has 0 saturated carbocycles. The lowest BCUT2D eigenvalue weighted by molar-refractivity contribution is -0.631. The molecule has 3 aliphatic rings. The molecule has 3 heterocycles. The SMILES string of the molecule is COC1(c2cccc(OC3OC(CO)C(O)C(O)C3O)c2Cl)OOC12CN(C(=O)OC(C)(C)C)C2. The maximum Gasteiger partial charge on any atom is 0.410 e. The van der Waals surface area contributed by atoms with Gasteiger partial charge in [0.15, 0.2) is 5.60 Å². The maximum atomic E-state index is 12.4. The van der Waals surface area contributed by atoms with Gasteiger partial charge in [-0.3, -0.25) is 0 Å². The zero-order chi connectivity index (χ0) is 25.8. The van der Waals surface area contributed by atoms with Gasteiger partial charge in [0, 0.05) is 12.7 Å². The van der Waals surface area contributed by atoms with Crippen LogP contribution in [0.25, 0.3) is 0 Å². The molecule has 13 heteroatoms. The molecular formula is C22H30ClNO11. The van der Waals surface area contributed by atoms with Gasteiger partial charge in [0.25, 0.3) is 5.79 Å². The van der Waals surface area contributed by atoms with Crippen LogP contribution in [0.3, 0.4) is 0 Å². The minimum Gasteiger partial charge on any atom is -0.460 e. The highest BCUT2D eigenvalue weighted by Crippen LogP contribution is 2.56. The average Bonchev–Trinajstić information content (AvgIpc) is 2.74. The average molecular weight is 520 g/mol. The van der Waals surface area contributed by atoms with Crippen molar-refractivity contribution in [2.75, 3.05) is 26.8 Å². The van der Waals surface area contributed by atoms with Crippen molar-refractivity contribution in [3.8, 4) is 5.75 Å². The zero-order valence-electron chi connectivity index (χ0n) is 19.7. The molecule has 12 nitrogen and oxygen atoms in total. The molecule has 3 fully saturated rings. The van der Waals surface area contributed by atoms with Gasteiger partial charge < -0.3 is 44.3 Å². The van der Waals surface area contributed by atoms with E-state index in [-0.39, 0.29) is 23.9 Å². The fourth-order valence-electron chi connectivity index (χ4n) is 4.29. The van der Waals surface area contributed by atoms with Gasteiger partial charge in [-0.1, -0.05) is 23.7 Å². The van der Waals surface area contributed by atoms with Crippen LogP contribution in [0.5, 0.6) is 5.75 Å². The van der Waals surface area contributed by atoms with Gasteiger partial charge in [0.05, 0.1) is 24.7 Å². The lowest BCUT2D eigenvalue weighted by Crippen LogP contribution is -2.80. The van der Waals surface area contributed by atoms with Gasteiger partial charge in [0.1, 0.15) is 35.8 Å². The number of carbonyl (C=O) groups is 1. The Balaban J connectivity index is 1.54. The molecule has 1 aromatic rings. The molecule has 0 bridgehead atoms. The van der Waals surface area contributed by atoms with Gasteiger partial charge >= 0.3 is 6.09 Å². The van der Waals surface area contributed by atoms with E-state index in [1.165, 1.54) is 18.1 Å². The second-order valence-electron chi connectivity index (χ2n) is 9.75. The molecule has 6 unspecified atom stereocenters. The number of nitrogens with zero attached hydrogens (tertiary/aromatic N) is 1. The van der Waals surface area contributed by atoms with E-state index in [0.717, 1.165) is 0 Å². The van der Waals surface area contributed by atoms with Crippen molar-refractivity contribution in [2.24, 2.45) is 0 Å². The summed E-state index contributed by atoms with van der Waals surface area (Å²) in [7, 11) is 1.40. The van der Waals surface area contributed by atoms with Gasteiger partial charge in [0.2, 0.25) is 6.29 Å². The minimum atomic E-state index is -1.62. The van der Waals surface area contributed by atoms with E-state index in [9.17, 15) is 25.2 Å². The predicted octanol–water partition coefficient (Wildman–Crippen LogP) is 0.269. The molecule has 1 aromatic carbocycles. The quantitative estimate of drug-likeness (QED) is 0.396. The molecule has 196 valence electrons. The van der Waals surface area contributed by atoms with Crippen LogP contribution in [-0.4, -0.2) is 100 Å². The highest BCUT2D eigenvalue weighted by Gasteiger charge is 2.73. The molecule has 35 heavy (non-hydrogen) atoms. The van der Waals surface area contributed by atoms with Crippen LogP contribution in [0.4, 0.5) is 4.79 Å². The number of halogens is 1. The van der Waals surface area contributed by atoms with Crippen molar-refractivity contribution >= 4 is 17.7 Å². The van der Waals surface area contributed by atoms with E-state index in [4.69, 9.17) is 40.3 Å². The standard InChI is InChI=1S/C22H30ClNO11/c1-20(2,3)33-19(29)24-9-21(10-24)22(30-4,35-34-21)11-6-5-7-12(14(11)23)31-18-17(28)16(27)15(26)13(8-25)32-18/h5-7,13,15-18,25-28H,8-10H2,1-4H3. The molecule has 1 amide bonds. The van der Waals surface area contributed by atoms with Crippen LogP contribution in [0.1, 0.15) is 26.3 Å². The molecule has 1 spiro atoms. The molecule has 0 aromatic heterocycles. The van der Waals surface area contributed by atoms with Gasteiger partial charge in [-0.15, -0.1) is 0 Å². The molecular weight excluding hydrogens is 490 g/mol. The second kappa shape index (κ2) is 9.29. The Kier molecular flexibility index (Phi) is 6.99. The van der Waals surface area contributed by atoms with Gasteiger partial charge in [-0.05, 0) is 26.8 Å². The van der Waals surface area contributed by atoms with E-state index in [0.29, 0.717) is 5.56 Å². The summed E-state index contributed by atoms with van der Waals surface area (Å²) in [6.07, 6.45) is -7.84. The topological polar surface area (TPSA) is 157 Å². The van der Waals surface area contributed by atoms with E-state index >= 15 is 0 Å². The van der Waals surface area contributed by atoms with Crippen molar-refractivity contribution in [2.45, 2.75) is 68.5 Å². The zero-order valence-corrected chi connectivity index (χ0v) is 20.5. The summed E-state index contributed by atoms with van der Waals surface area (Å²) in [5, 5.41) is 39.7. The summed E-state index contributed by atoms with van der Waals surface area (Å²) in [6.45, 7) is 4.93. The van der Waals surface area contributed by atoms with Crippen molar-refractivity contribution in [3.05, 3.63) is 28.8 Å². The summed E-state index contributed by atoms with van der Waals surface area (Å²) >= 11 is 6.64. The lowest BCUT2D eigenvalue weighted by atomic mass is 9.79. The van der Waals surface area contributed by atoms with E-state index in [2.05, 4.69) is 0 Å². The highest BCUT2D eigenvalue weighted by molar-refractivity contribution is 6.33. The number of likely N-dealkylation sites (tertiary alicyclic amines) is 1. The number of amides is 1. The third-order valence-corrected chi connectivity index (χ3v) is 6.55. The van der Waals surface area contributed by atoms with Crippen LogP contribution >= 0.6 is 11.6 Å². The van der Waals surface area contributed by atoms with Gasteiger partial charge in [-0.2, -0.15) is 4.89 Å². The summed E-state index contributed by atoms with van der Waals surface area (Å²) in [4.78, 5) is 24.7. The fraction of sp³-hybridized carbons (Fsp3) is 0.682. The number of aliphatic hydroxyl groups excluding tert-OH is 4. The number of rotatable bonds is 5. The van der Waals surface area contributed by atoms with Crippen molar-refractivity contribution in [1.29, 1.82) is 0 Å². The third kappa shape index (κ3) is 4.37. The van der Waals surface area contributed by atoms with Crippen LogP contribution in [0.2, 0.25) is 5.02 Å². The van der Waals surface area contributed by atoms with Crippen LogP contribution in [-0.2, 0) is 29.8 Å².